The summed E-state index contributed by atoms with van der Waals surface area (Å²) in [7, 11) is 0. The molecule has 2 heterocycles. The number of halogens is 1. The van der Waals surface area contributed by atoms with Crippen molar-refractivity contribution in [2.75, 3.05) is 6.54 Å². The summed E-state index contributed by atoms with van der Waals surface area (Å²) in [5, 5.41) is 7.70. The number of carbonyl (C=O) groups excluding carboxylic acids is 1. The van der Waals surface area contributed by atoms with Gasteiger partial charge in [-0.1, -0.05) is 17.7 Å². The van der Waals surface area contributed by atoms with Gasteiger partial charge in [-0.25, -0.2) is 0 Å². The number of aryl methyl sites for hydroxylation is 1. The van der Waals surface area contributed by atoms with Crippen LogP contribution in [-0.2, 0) is 24.2 Å². The number of aromatic amines is 1. The van der Waals surface area contributed by atoms with Crippen molar-refractivity contribution in [2.24, 2.45) is 0 Å². The number of amides is 1. The highest BCUT2D eigenvalue weighted by molar-refractivity contribution is 6.30. The number of nitrogens with one attached hydrogen (secondary N) is 1. The minimum Gasteiger partial charge on any atom is -0.338 e. The summed E-state index contributed by atoms with van der Waals surface area (Å²) in [5.74, 6) is 0.113. The van der Waals surface area contributed by atoms with Gasteiger partial charge in [-0.3, -0.25) is 9.89 Å². The SMILES string of the molecule is Cc1cc(CC(=O)N2CCc3ccc(Cl)cc3C2)n[nH]1. The molecule has 1 aliphatic rings. The highest BCUT2D eigenvalue weighted by Gasteiger charge is 2.21. The number of hydrogen-bond acceptors (Lipinski definition) is 2. The second-order valence-corrected chi connectivity index (χ2v) is 5.63. The van der Waals surface area contributed by atoms with E-state index in [1.54, 1.807) is 0 Å². The van der Waals surface area contributed by atoms with Gasteiger partial charge in [-0.2, -0.15) is 5.10 Å². The summed E-state index contributed by atoms with van der Waals surface area (Å²) in [6, 6.07) is 7.82. The Labute approximate surface area is 122 Å². The largest absolute Gasteiger partial charge is 0.338 e. The van der Waals surface area contributed by atoms with Crippen molar-refractivity contribution >= 4 is 17.5 Å². The number of H-pyrrole nitrogens is 1. The molecule has 5 heteroatoms. The highest BCUT2D eigenvalue weighted by Crippen LogP contribution is 2.23. The third-order valence-corrected chi connectivity index (χ3v) is 3.86. The molecule has 2 aromatic rings. The van der Waals surface area contributed by atoms with Gasteiger partial charge in [0.05, 0.1) is 12.1 Å². The lowest BCUT2D eigenvalue weighted by Crippen LogP contribution is -2.37. The molecule has 0 fully saturated rings. The number of aromatic nitrogens is 2. The van der Waals surface area contributed by atoms with Gasteiger partial charge >= 0.3 is 0 Å². The third kappa shape index (κ3) is 2.70. The molecule has 0 bridgehead atoms. The maximum atomic E-state index is 12.3. The predicted molar refractivity (Wildman–Crippen MR) is 77.6 cm³/mol. The molecule has 1 N–H and O–H groups in total. The number of benzene rings is 1. The van der Waals surface area contributed by atoms with Crippen LogP contribution in [0, 0.1) is 6.92 Å². The highest BCUT2D eigenvalue weighted by atomic mass is 35.5. The molecular weight excluding hydrogens is 274 g/mol. The van der Waals surface area contributed by atoms with E-state index in [-0.39, 0.29) is 5.91 Å². The summed E-state index contributed by atoms with van der Waals surface area (Å²) in [6.07, 6.45) is 1.23. The molecule has 104 valence electrons. The first-order valence-corrected chi connectivity index (χ1v) is 7.05. The molecule has 1 aliphatic heterocycles. The Bertz CT molecular complexity index is 650. The second-order valence-electron chi connectivity index (χ2n) is 5.20. The van der Waals surface area contributed by atoms with Gasteiger partial charge < -0.3 is 4.90 Å². The fraction of sp³-hybridized carbons (Fsp3) is 0.333. The normalized spacial score (nSPS) is 14.2. The van der Waals surface area contributed by atoms with Gasteiger partial charge in [0.2, 0.25) is 5.91 Å². The minimum atomic E-state index is 0.113. The topological polar surface area (TPSA) is 49.0 Å². The lowest BCUT2D eigenvalue weighted by molar-refractivity contribution is -0.131. The molecule has 3 rings (SSSR count). The lowest BCUT2D eigenvalue weighted by Gasteiger charge is -2.29. The molecule has 1 aromatic heterocycles. The van der Waals surface area contributed by atoms with Crippen LogP contribution in [0.2, 0.25) is 5.02 Å². The van der Waals surface area contributed by atoms with E-state index in [9.17, 15) is 4.79 Å². The zero-order chi connectivity index (χ0) is 14.1. The van der Waals surface area contributed by atoms with Crippen molar-refractivity contribution < 1.29 is 4.79 Å². The summed E-state index contributed by atoms with van der Waals surface area (Å²) in [4.78, 5) is 14.2. The minimum absolute atomic E-state index is 0.113. The average molecular weight is 290 g/mol. The molecule has 0 saturated heterocycles. The second kappa shape index (κ2) is 5.29. The molecule has 1 amide bonds. The smallest absolute Gasteiger partial charge is 0.228 e. The van der Waals surface area contributed by atoms with Crippen molar-refractivity contribution in [3.05, 3.63) is 51.8 Å². The molecule has 1 aromatic carbocycles. The van der Waals surface area contributed by atoms with E-state index < -0.39 is 0 Å². The maximum absolute atomic E-state index is 12.3. The van der Waals surface area contributed by atoms with E-state index >= 15 is 0 Å². The fourth-order valence-corrected chi connectivity index (χ4v) is 2.76. The molecular formula is C15H16ClN3O. The maximum Gasteiger partial charge on any atom is 0.228 e. The molecule has 4 nitrogen and oxygen atoms in total. The van der Waals surface area contributed by atoms with Crippen LogP contribution in [0.1, 0.15) is 22.5 Å². The molecule has 0 saturated carbocycles. The molecule has 0 unspecified atom stereocenters. The van der Waals surface area contributed by atoms with Gasteiger partial charge in [0, 0.05) is 23.8 Å². The predicted octanol–water partition coefficient (Wildman–Crippen LogP) is 2.50. The standard InChI is InChI=1S/C15H16ClN3O/c1-10-6-14(18-17-10)8-15(20)19-5-4-11-2-3-13(16)7-12(11)9-19/h2-3,6-7H,4-5,8-9H2,1H3,(H,17,18). The number of carbonyl (C=O) groups is 1. The first-order chi connectivity index (χ1) is 9.61. The Morgan fingerprint density at radius 2 is 2.25 bits per heavy atom. The first kappa shape index (κ1) is 13.2. The average Bonchev–Trinajstić information content (AvgIpc) is 2.83. The van der Waals surface area contributed by atoms with E-state index in [0.717, 1.165) is 34.9 Å². The van der Waals surface area contributed by atoms with Crippen LogP contribution in [0.25, 0.3) is 0 Å². The van der Waals surface area contributed by atoms with Gasteiger partial charge in [0.1, 0.15) is 0 Å². The van der Waals surface area contributed by atoms with Crippen LogP contribution in [-0.4, -0.2) is 27.5 Å². The summed E-state index contributed by atoms with van der Waals surface area (Å²) in [6.45, 7) is 3.33. The van der Waals surface area contributed by atoms with Crippen molar-refractivity contribution in [2.45, 2.75) is 26.3 Å². The number of hydrogen-bond donors (Lipinski definition) is 1. The van der Waals surface area contributed by atoms with E-state index in [1.807, 2.05) is 30.0 Å². The van der Waals surface area contributed by atoms with E-state index in [0.29, 0.717) is 13.0 Å². The quantitative estimate of drug-likeness (QED) is 0.923. The summed E-state index contributed by atoms with van der Waals surface area (Å²) in [5.41, 5.74) is 4.21. The molecule has 0 aliphatic carbocycles. The molecule has 0 radical (unpaired) electrons. The van der Waals surface area contributed by atoms with Gasteiger partial charge in [0.25, 0.3) is 0 Å². The lowest BCUT2D eigenvalue weighted by atomic mass is 9.99. The zero-order valence-corrected chi connectivity index (χ0v) is 12.1. The van der Waals surface area contributed by atoms with E-state index in [4.69, 9.17) is 11.6 Å². The fourth-order valence-electron chi connectivity index (χ4n) is 2.57. The van der Waals surface area contributed by atoms with Crippen molar-refractivity contribution in [1.82, 2.24) is 15.1 Å². The van der Waals surface area contributed by atoms with Gasteiger partial charge in [0.15, 0.2) is 0 Å². The first-order valence-electron chi connectivity index (χ1n) is 6.68. The van der Waals surface area contributed by atoms with Crippen LogP contribution in [0.4, 0.5) is 0 Å². The van der Waals surface area contributed by atoms with Crippen LogP contribution in [0.3, 0.4) is 0 Å². The van der Waals surface area contributed by atoms with Gasteiger partial charge in [-0.05, 0) is 42.7 Å². The Kier molecular flexibility index (Phi) is 3.49. The van der Waals surface area contributed by atoms with E-state index in [1.165, 1.54) is 5.56 Å². The Morgan fingerprint density at radius 1 is 1.40 bits per heavy atom. The number of fused-ring (bicyclic) bond motifs is 1. The van der Waals surface area contributed by atoms with Crippen LogP contribution in [0.5, 0.6) is 0 Å². The molecule has 0 spiro atoms. The van der Waals surface area contributed by atoms with Gasteiger partial charge in [-0.15, -0.1) is 0 Å². The number of rotatable bonds is 2. The Hall–Kier alpha value is -1.81. The Balaban J connectivity index is 1.71. The van der Waals surface area contributed by atoms with Crippen LogP contribution in [0.15, 0.2) is 24.3 Å². The van der Waals surface area contributed by atoms with Crippen LogP contribution < -0.4 is 0 Å². The summed E-state index contributed by atoms with van der Waals surface area (Å²) >= 11 is 6.02. The monoisotopic (exact) mass is 289 g/mol. The zero-order valence-electron chi connectivity index (χ0n) is 11.3. The van der Waals surface area contributed by atoms with E-state index in [2.05, 4.69) is 16.3 Å². The third-order valence-electron chi connectivity index (χ3n) is 3.62. The molecule has 20 heavy (non-hydrogen) atoms. The van der Waals surface area contributed by atoms with Crippen LogP contribution >= 0.6 is 11.6 Å². The summed E-state index contributed by atoms with van der Waals surface area (Å²) < 4.78 is 0. The molecule has 0 atom stereocenters. The number of nitrogens with zero attached hydrogens (tertiary/aromatic N) is 2. The van der Waals surface area contributed by atoms with Crippen molar-refractivity contribution in [3.8, 4) is 0 Å². The van der Waals surface area contributed by atoms with Crippen molar-refractivity contribution in [1.29, 1.82) is 0 Å². The van der Waals surface area contributed by atoms with Crippen molar-refractivity contribution in [3.63, 3.8) is 0 Å². The Morgan fingerprint density at radius 3 is 3.00 bits per heavy atom.